The molecule has 1 rings (SSSR count). The summed E-state index contributed by atoms with van der Waals surface area (Å²) in [6.45, 7) is 0. The van der Waals surface area contributed by atoms with E-state index in [0.717, 1.165) is 11.3 Å². The highest BCUT2D eigenvalue weighted by atomic mass is 32.2. The number of anilines is 1. The van der Waals surface area contributed by atoms with E-state index in [9.17, 15) is 8.42 Å². The highest BCUT2D eigenvalue weighted by Gasteiger charge is 2.01. The zero-order valence-electron chi connectivity index (χ0n) is 9.61. The molecule has 0 aromatic carbocycles. The number of hydrogen-bond acceptors (Lipinski definition) is 5. The van der Waals surface area contributed by atoms with Crippen LogP contribution in [0.2, 0.25) is 0 Å². The van der Waals surface area contributed by atoms with Gasteiger partial charge in [-0.2, -0.15) is 20.2 Å². The van der Waals surface area contributed by atoms with Gasteiger partial charge >= 0.3 is 10.2 Å². The molecule has 7 nitrogen and oxygen atoms in total. The Kier molecular flexibility index (Phi) is 5.38. The molecule has 0 aliphatic rings. The van der Waals surface area contributed by atoms with Crippen LogP contribution in [0.25, 0.3) is 0 Å². The Morgan fingerprint density at radius 1 is 1.50 bits per heavy atom. The lowest BCUT2D eigenvalue weighted by Crippen LogP contribution is -2.19. The first kappa shape index (κ1) is 14.7. The first-order valence-electron chi connectivity index (χ1n) is 5.02. The second-order valence-electron chi connectivity index (χ2n) is 3.49. The van der Waals surface area contributed by atoms with E-state index in [4.69, 9.17) is 16.6 Å². The molecule has 0 unspecified atom stereocenters. The molecule has 0 saturated carbocycles. The fourth-order valence-electron chi connectivity index (χ4n) is 1.16. The standard InChI is InChI=1S/C9H15N5O2S2/c10-8(14-18(12,15)16)2-4-17-6-7-1-3-13-9(11)5-7/h1,3,5H,2,4,6H2,(H2,10,14)(H2,11,13)(H2,12,15,16). The van der Waals surface area contributed by atoms with Crippen molar-refractivity contribution in [2.75, 3.05) is 11.5 Å². The molecule has 0 amide bonds. The molecule has 0 spiro atoms. The van der Waals surface area contributed by atoms with Crippen molar-refractivity contribution in [3.05, 3.63) is 23.9 Å². The van der Waals surface area contributed by atoms with Gasteiger partial charge in [-0.15, -0.1) is 4.40 Å². The summed E-state index contributed by atoms with van der Waals surface area (Å²) in [5.74, 6) is 1.88. The van der Waals surface area contributed by atoms with Crippen molar-refractivity contribution < 1.29 is 8.42 Å². The molecular formula is C9H15N5O2S2. The smallest absolute Gasteiger partial charge is 0.318 e. The number of thioether (sulfide) groups is 1. The quantitative estimate of drug-likeness (QED) is 0.378. The number of nitrogens with zero attached hydrogens (tertiary/aromatic N) is 2. The molecule has 6 N–H and O–H groups in total. The Balaban J connectivity index is 2.34. The number of pyridine rings is 1. The summed E-state index contributed by atoms with van der Waals surface area (Å²) in [5, 5.41) is 4.73. The van der Waals surface area contributed by atoms with Crippen LogP contribution in [0.5, 0.6) is 0 Å². The van der Waals surface area contributed by atoms with Crippen LogP contribution in [0.15, 0.2) is 22.7 Å². The molecule has 1 heterocycles. The topological polar surface area (TPSA) is 137 Å². The predicted octanol–water partition coefficient (Wildman–Crippen LogP) is -0.152. The van der Waals surface area contributed by atoms with E-state index in [0.29, 0.717) is 18.0 Å². The number of rotatable bonds is 6. The van der Waals surface area contributed by atoms with Crippen molar-refractivity contribution >= 4 is 33.6 Å². The lowest BCUT2D eigenvalue weighted by molar-refractivity contribution is 0.599. The molecule has 0 atom stereocenters. The third-order valence-corrected chi connectivity index (χ3v) is 3.38. The highest BCUT2D eigenvalue weighted by molar-refractivity contribution is 7.98. The average Bonchev–Trinajstić information content (AvgIpc) is 2.22. The lowest BCUT2D eigenvalue weighted by Gasteiger charge is -2.02. The molecule has 1 aromatic heterocycles. The number of amidine groups is 1. The lowest BCUT2D eigenvalue weighted by atomic mass is 10.3. The van der Waals surface area contributed by atoms with E-state index in [-0.39, 0.29) is 5.84 Å². The number of aromatic nitrogens is 1. The first-order valence-corrected chi connectivity index (χ1v) is 7.68. The van der Waals surface area contributed by atoms with Crippen molar-refractivity contribution in [2.24, 2.45) is 15.3 Å². The SMILES string of the molecule is NC(CCSCc1ccnc(N)c1)=NS(N)(=O)=O. The maximum Gasteiger partial charge on any atom is 0.318 e. The fourth-order valence-corrected chi connectivity index (χ4v) is 2.49. The minimum absolute atomic E-state index is 0.0132. The van der Waals surface area contributed by atoms with Gasteiger partial charge in [-0.3, -0.25) is 0 Å². The zero-order chi connectivity index (χ0) is 13.6. The minimum atomic E-state index is -3.89. The third kappa shape index (κ3) is 6.42. The average molecular weight is 289 g/mol. The van der Waals surface area contributed by atoms with Crippen molar-refractivity contribution in [2.45, 2.75) is 12.2 Å². The Labute approximate surface area is 110 Å². The van der Waals surface area contributed by atoms with Gasteiger partial charge < -0.3 is 11.5 Å². The predicted molar refractivity (Wildman–Crippen MR) is 74.2 cm³/mol. The van der Waals surface area contributed by atoms with E-state index in [2.05, 4.69) is 9.38 Å². The molecule has 0 aliphatic heterocycles. The molecule has 18 heavy (non-hydrogen) atoms. The molecular weight excluding hydrogens is 274 g/mol. The Hall–Kier alpha value is -1.32. The summed E-state index contributed by atoms with van der Waals surface area (Å²) in [5.41, 5.74) is 12.0. The van der Waals surface area contributed by atoms with Crippen molar-refractivity contribution in [3.63, 3.8) is 0 Å². The maximum atomic E-state index is 10.6. The Morgan fingerprint density at radius 3 is 2.83 bits per heavy atom. The Bertz CT molecular complexity index is 530. The van der Waals surface area contributed by atoms with E-state index < -0.39 is 10.2 Å². The van der Waals surface area contributed by atoms with E-state index >= 15 is 0 Å². The van der Waals surface area contributed by atoms with Gasteiger partial charge in [0, 0.05) is 24.1 Å². The van der Waals surface area contributed by atoms with Crippen molar-refractivity contribution in [1.29, 1.82) is 0 Å². The van der Waals surface area contributed by atoms with Crippen LogP contribution in [0.1, 0.15) is 12.0 Å². The van der Waals surface area contributed by atoms with Crippen molar-refractivity contribution in [3.8, 4) is 0 Å². The van der Waals surface area contributed by atoms with Crippen molar-refractivity contribution in [1.82, 2.24) is 4.98 Å². The maximum absolute atomic E-state index is 10.6. The summed E-state index contributed by atoms with van der Waals surface area (Å²) in [7, 11) is -3.89. The van der Waals surface area contributed by atoms with Crippen LogP contribution >= 0.6 is 11.8 Å². The van der Waals surface area contributed by atoms with Gasteiger partial charge in [0.05, 0.1) is 0 Å². The second-order valence-corrected chi connectivity index (χ2v) is 5.81. The highest BCUT2D eigenvalue weighted by Crippen LogP contribution is 2.14. The molecule has 100 valence electrons. The molecule has 0 fully saturated rings. The monoisotopic (exact) mass is 289 g/mol. The van der Waals surface area contributed by atoms with Gasteiger partial charge in [-0.25, -0.2) is 10.1 Å². The molecule has 1 aromatic rings. The van der Waals surface area contributed by atoms with Crippen LogP contribution in [0.3, 0.4) is 0 Å². The van der Waals surface area contributed by atoms with E-state index in [1.54, 1.807) is 24.0 Å². The molecule has 0 bridgehead atoms. The van der Waals surface area contributed by atoms with Gasteiger partial charge in [0.2, 0.25) is 0 Å². The molecule has 9 heteroatoms. The Morgan fingerprint density at radius 2 is 2.22 bits per heavy atom. The summed E-state index contributed by atoms with van der Waals surface area (Å²) in [4.78, 5) is 3.89. The largest absolute Gasteiger partial charge is 0.386 e. The number of nitrogen functional groups attached to an aromatic ring is 1. The van der Waals surface area contributed by atoms with E-state index in [1.807, 2.05) is 6.07 Å². The minimum Gasteiger partial charge on any atom is -0.386 e. The van der Waals surface area contributed by atoms with Crippen LogP contribution in [-0.2, 0) is 16.0 Å². The normalized spacial score (nSPS) is 12.6. The van der Waals surface area contributed by atoms with Gasteiger partial charge in [0.1, 0.15) is 11.7 Å². The zero-order valence-corrected chi connectivity index (χ0v) is 11.2. The summed E-state index contributed by atoms with van der Waals surface area (Å²) in [6, 6.07) is 3.65. The van der Waals surface area contributed by atoms with Gasteiger partial charge in [-0.05, 0) is 17.7 Å². The van der Waals surface area contributed by atoms with Crippen LogP contribution in [-0.4, -0.2) is 25.0 Å². The molecule has 0 saturated heterocycles. The number of hydrogen-bond donors (Lipinski definition) is 3. The van der Waals surface area contributed by atoms with Crippen LogP contribution in [0, 0.1) is 0 Å². The summed E-state index contributed by atoms with van der Waals surface area (Å²) < 4.78 is 24.4. The van der Waals surface area contributed by atoms with Gasteiger partial charge in [0.15, 0.2) is 0 Å². The van der Waals surface area contributed by atoms with Crippen LogP contribution in [0.4, 0.5) is 5.82 Å². The van der Waals surface area contributed by atoms with Crippen LogP contribution < -0.4 is 16.6 Å². The first-order chi connectivity index (χ1) is 8.37. The van der Waals surface area contributed by atoms with Gasteiger partial charge in [-0.1, -0.05) is 0 Å². The number of nitrogens with two attached hydrogens (primary N) is 3. The summed E-state index contributed by atoms with van der Waals surface area (Å²) in [6.07, 6.45) is 2.00. The van der Waals surface area contributed by atoms with Gasteiger partial charge in [0.25, 0.3) is 0 Å². The molecule has 0 radical (unpaired) electrons. The fraction of sp³-hybridized carbons (Fsp3) is 0.333. The summed E-state index contributed by atoms with van der Waals surface area (Å²) >= 11 is 1.59. The van der Waals surface area contributed by atoms with E-state index in [1.165, 1.54) is 0 Å². The molecule has 0 aliphatic carbocycles. The third-order valence-electron chi connectivity index (χ3n) is 1.86. The second kappa shape index (κ2) is 6.57.